The van der Waals surface area contributed by atoms with Crippen molar-refractivity contribution in [2.24, 2.45) is 0 Å². The summed E-state index contributed by atoms with van der Waals surface area (Å²) in [5.74, 6) is -0.853. The number of amides is 3. The first-order valence-electron chi connectivity index (χ1n) is 12.6. The van der Waals surface area contributed by atoms with E-state index in [0.717, 1.165) is 22.2 Å². The number of anilines is 3. The molecule has 0 saturated heterocycles. The number of carbonyl (C=O) groups excluding carboxylic acids is 3. The average molecular weight is 568 g/mol. The van der Waals surface area contributed by atoms with Crippen molar-refractivity contribution >= 4 is 46.5 Å². The predicted molar refractivity (Wildman–Crippen MR) is 154 cm³/mol. The summed E-state index contributed by atoms with van der Waals surface area (Å²) in [6.07, 6.45) is 0. The second kappa shape index (κ2) is 10.8. The van der Waals surface area contributed by atoms with Gasteiger partial charge in [0.15, 0.2) is 11.5 Å². The lowest BCUT2D eigenvalue weighted by Crippen LogP contribution is -2.32. The number of hydrogen-bond donors (Lipinski definition) is 2. The molecule has 10 heteroatoms. The van der Waals surface area contributed by atoms with E-state index in [2.05, 4.69) is 10.6 Å². The van der Waals surface area contributed by atoms with Crippen molar-refractivity contribution in [3.63, 3.8) is 0 Å². The van der Waals surface area contributed by atoms with Gasteiger partial charge in [-0.3, -0.25) is 14.4 Å². The largest absolute Gasteiger partial charge is 0.454 e. The third-order valence-corrected chi connectivity index (χ3v) is 7.47. The number of hydrogen-bond acceptors (Lipinski definition) is 7. The first-order valence-corrected chi connectivity index (χ1v) is 13.4. The molecule has 3 amide bonds. The van der Waals surface area contributed by atoms with Crippen LogP contribution in [-0.4, -0.2) is 24.5 Å². The molecule has 0 aromatic heterocycles. The Morgan fingerprint density at radius 3 is 2.39 bits per heavy atom. The average Bonchev–Trinajstić information content (AvgIpc) is 3.53. The van der Waals surface area contributed by atoms with Crippen molar-refractivity contribution < 1.29 is 28.2 Å². The number of nitrogens with one attached hydrogen (secondary N) is 2. The van der Waals surface area contributed by atoms with Crippen molar-refractivity contribution in [1.82, 2.24) is 0 Å². The Balaban J connectivity index is 1.28. The molecule has 0 atom stereocenters. The second-order valence-corrected chi connectivity index (χ2v) is 10.4. The Morgan fingerprint density at radius 1 is 0.854 bits per heavy atom. The van der Waals surface area contributed by atoms with Gasteiger partial charge >= 0.3 is 0 Å². The van der Waals surface area contributed by atoms with Crippen LogP contribution in [0.15, 0.2) is 106 Å². The van der Waals surface area contributed by atoms with Gasteiger partial charge < -0.3 is 20.1 Å². The maximum Gasteiger partial charge on any atom is 0.283 e. The number of thioether (sulfide) groups is 1. The molecule has 0 aliphatic carbocycles. The summed E-state index contributed by atoms with van der Waals surface area (Å²) in [7, 11) is 0. The van der Waals surface area contributed by atoms with Crippen LogP contribution in [0.4, 0.5) is 21.5 Å². The van der Waals surface area contributed by atoms with Crippen LogP contribution >= 0.6 is 11.8 Å². The third kappa shape index (κ3) is 5.37. The highest BCUT2D eigenvalue weighted by molar-refractivity contribution is 8.04. The second-order valence-electron chi connectivity index (χ2n) is 9.27. The number of nitrogens with zero attached hydrogens (tertiary/aromatic N) is 1. The van der Waals surface area contributed by atoms with Crippen LogP contribution in [0, 0.1) is 12.7 Å². The van der Waals surface area contributed by atoms with E-state index >= 15 is 0 Å². The molecule has 6 rings (SSSR count). The number of imide groups is 1. The highest BCUT2D eigenvalue weighted by Gasteiger charge is 2.40. The monoisotopic (exact) mass is 567 g/mol. The molecule has 0 radical (unpaired) electrons. The summed E-state index contributed by atoms with van der Waals surface area (Å²) in [5, 5.41) is 5.95. The van der Waals surface area contributed by atoms with Gasteiger partial charge in [-0.1, -0.05) is 35.5 Å². The smallest absolute Gasteiger partial charge is 0.283 e. The summed E-state index contributed by atoms with van der Waals surface area (Å²) in [4.78, 5) is 41.8. The Bertz CT molecular complexity index is 1720. The van der Waals surface area contributed by atoms with Gasteiger partial charge in [-0.05, 0) is 79.7 Å². The Morgan fingerprint density at radius 2 is 1.61 bits per heavy atom. The molecule has 2 N–H and O–H groups in total. The van der Waals surface area contributed by atoms with Gasteiger partial charge in [0.05, 0.1) is 5.69 Å². The number of carbonyl (C=O) groups is 3. The lowest BCUT2D eigenvalue weighted by Gasteiger charge is -2.15. The molecule has 0 spiro atoms. The fourth-order valence-electron chi connectivity index (χ4n) is 4.32. The van der Waals surface area contributed by atoms with Crippen LogP contribution in [0.1, 0.15) is 15.9 Å². The van der Waals surface area contributed by atoms with E-state index in [9.17, 15) is 18.8 Å². The first-order chi connectivity index (χ1) is 19.9. The van der Waals surface area contributed by atoms with Crippen LogP contribution in [0.3, 0.4) is 0 Å². The van der Waals surface area contributed by atoms with E-state index in [0.29, 0.717) is 33.3 Å². The van der Waals surface area contributed by atoms with E-state index in [4.69, 9.17) is 9.47 Å². The minimum atomic E-state index is -0.558. The first kappa shape index (κ1) is 26.1. The number of ether oxygens (including phenoxy) is 2. The van der Waals surface area contributed by atoms with Crippen LogP contribution < -0.4 is 25.0 Å². The molecule has 4 aromatic carbocycles. The molecule has 2 aliphatic heterocycles. The van der Waals surface area contributed by atoms with Crippen molar-refractivity contribution in [3.8, 4) is 11.5 Å². The van der Waals surface area contributed by atoms with E-state index in [-0.39, 0.29) is 29.0 Å². The maximum absolute atomic E-state index is 13.6. The molecule has 2 aliphatic rings. The summed E-state index contributed by atoms with van der Waals surface area (Å²) in [6, 6.07) is 24.4. The van der Waals surface area contributed by atoms with Crippen LogP contribution in [0.25, 0.3) is 0 Å². The molecule has 2 heterocycles. The van der Waals surface area contributed by atoms with E-state index in [1.54, 1.807) is 42.5 Å². The van der Waals surface area contributed by atoms with Gasteiger partial charge in [0, 0.05) is 21.8 Å². The zero-order chi connectivity index (χ0) is 28.5. The molecule has 8 nitrogen and oxygen atoms in total. The fraction of sp³-hybridized carbons (Fsp3) is 0.0645. The molecule has 0 bridgehead atoms. The maximum atomic E-state index is 13.6. The molecule has 41 heavy (non-hydrogen) atoms. The Kier molecular flexibility index (Phi) is 6.90. The van der Waals surface area contributed by atoms with Gasteiger partial charge in [-0.25, -0.2) is 9.29 Å². The quantitative estimate of drug-likeness (QED) is 0.260. The Labute approximate surface area is 238 Å². The van der Waals surface area contributed by atoms with E-state index in [1.165, 1.54) is 24.3 Å². The highest BCUT2D eigenvalue weighted by Crippen LogP contribution is 2.39. The summed E-state index contributed by atoms with van der Waals surface area (Å²) < 4.78 is 24.2. The predicted octanol–water partition coefficient (Wildman–Crippen LogP) is 6.10. The van der Waals surface area contributed by atoms with Crippen LogP contribution in [0.2, 0.25) is 0 Å². The molecular weight excluding hydrogens is 545 g/mol. The minimum Gasteiger partial charge on any atom is -0.454 e. The van der Waals surface area contributed by atoms with E-state index in [1.807, 2.05) is 31.2 Å². The van der Waals surface area contributed by atoms with Gasteiger partial charge in [-0.2, -0.15) is 0 Å². The molecule has 0 saturated carbocycles. The summed E-state index contributed by atoms with van der Waals surface area (Å²) in [5.41, 5.74) is 2.92. The van der Waals surface area contributed by atoms with Crippen molar-refractivity contribution in [3.05, 3.63) is 119 Å². The number of rotatable bonds is 7. The summed E-state index contributed by atoms with van der Waals surface area (Å²) >= 11 is 1.09. The molecular formula is C31H22FN3O5S. The topological polar surface area (TPSA) is 97.0 Å². The third-order valence-electron chi connectivity index (χ3n) is 6.39. The molecule has 0 unspecified atom stereocenters. The normalized spacial score (nSPS) is 14.0. The standard InChI is InChI=1S/C31H22FN3O5S/c1-18-5-10-21(11-6-18)33-27-28(31(38)35(30(27)37)23-12-8-20(32)9-13-23)41-24-4-2-3-22(16-24)34-29(36)19-7-14-25-26(15-19)40-17-39-25/h2-16,33H,17H2,1H3,(H,34,36). The minimum absolute atomic E-state index is 0.1000. The van der Waals surface area contributed by atoms with Crippen molar-refractivity contribution in [2.45, 2.75) is 11.8 Å². The zero-order valence-corrected chi connectivity index (χ0v) is 22.5. The van der Waals surface area contributed by atoms with Crippen LogP contribution in [0.5, 0.6) is 11.5 Å². The van der Waals surface area contributed by atoms with Gasteiger partial charge in [0.2, 0.25) is 6.79 Å². The van der Waals surface area contributed by atoms with Crippen molar-refractivity contribution in [1.29, 1.82) is 0 Å². The van der Waals surface area contributed by atoms with Gasteiger partial charge in [0.1, 0.15) is 16.4 Å². The number of benzene rings is 4. The van der Waals surface area contributed by atoms with E-state index < -0.39 is 17.6 Å². The molecule has 204 valence electrons. The van der Waals surface area contributed by atoms with Gasteiger partial charge in [0.25, 0.3) is 17.7 Å². The summed E-state index contributed by atoms with van der Waals surface area (Å²) in [6.45, 7) is 2.05. The fourth-order valence-corrected chi connectivity index (χ4v) is 5.30. The zero-order valence-electron chi connectivity index (χ0n) is 21.6. The molecule has 0 fully saturated rings. The molecule has 4 aromatic rings. The SMILES string of the molecule is Cc1ccc(NC2=C(Sc3cccc(NC(=O)c4ccc5c(c4)OCO5)c3)C(=O)N(c3ccc(F)cc3)C2=O)cc1. The van der Waals surface area contributed by atoms with Gasteiger partial charge in [-0.15, -0.1) is 0 Å². The number of aryl methyl sites for hydroxylation is 1. The highest BCUT2D eigenvalue weighted by atomic mass is 32.2. The number of fused-ring (bicyclic) bond motifs is 1. The Hall–Kier alpha value is -5.09. The van der Waals surface area contributed by atoms with Crippen molar-refractivity contribution in [2.75, 3.05) is 22.3 Å². The lowest BCUT2D eigenvalue weighted by molar-refractivity contribution is -0.120. The van der Waals surface area contributed by atoms with Crippen LogP contribution in [-0.2, 0) is 9.59 Å². The lowest BCUT2D eigenvalue weighted by atomic mass is 10.2. The number of halogens is 1.